The number of ether oxygens (including phenoxy) is 4. The highest BCUT2D eigenvalue weighted by Gasteiger charge is 2.41. The summed E-state index contributed by atoms with van der Waals surface area (Å²) in [4.78, 5) is 15.5. The lowest BCUT2D eigenvalue weighted by Crippen LogP contribution is -2.40. The zero-order valence-electron chi connectivity index (χ0n) is 36.9. The normalized spacial score (nSPS) is 19.8. The van der Waals surface area contributed by atoms with Crippen LogP contribution in [0.1, 0.15) is 220 Å². The third-order valence-corrected chi connectivity index (χ3v) is 12.6. The molecule has 0 radical (unpaired) electrons. The van der Waals surface area contributed by atoms with E-state index in [1.54, 1.807) is 0 Å². The van der Waals surface area contributed by atoms with Gasteiger partial charge in [0.15, 0.2) is 0 Å². The lowest BCUT2D eigenvalue weighted by Gasteiger charge is -2.29. The maximum atomic E-state index is 13.2. The first kappa shape index (κ1) is 49.5. The van der Waals surface area contributed by atoms with E-state index in [0.29, 0.717) is 18.4 Å². The van der Waals surface area contributed by atoms with Gasteiger partial charge in [-0.1, -0.05) is 182 Å². The minimum atomic E-state index is -0.260. The molecule has 2 heterocycles. The minimum Gasteiger partial charge on any atom is -0.463 e. The van der Waals surface area contributed by atoms with Gasteiger partial charge in [-0.3, -0.25) is 4.79 Å². The Labute approximate surface area is 336 Å². The van der Waals surface area contributed by atoms with E-state index < -0.39 is 0 Å². The largest absolute Gasteiger partial charge is 0.463 e. The molecule has 2 saturated heterocycles. The highest BCUT2D eigenvalue weighted by molar-refractivity contribution is 5.72. The van der Waals surface area contributed by atoms with Gasteiger partial charge in [-0.25, -0.2) is 0 Å². The summed E-state index contributed by atoms with van der Waals surface area (Å²) in [7, 11) is 2.13. The van der Waals surface area contributed by atoms with Gasteiger partial charge in [0.2, 0.25) is 0 Å². The third kappa shape index (κ3) is 24.2. The van der Waals surface area contributed by atoms with Gasteiger partial charge in [0.05, 0.1) is 25.7 Å². The summed E-state index contributed by atoms with van der Waals surface area (Å²) in [6.45, 7) is 13.5. The zero-order valence-corrected chi connectivity index (χ0v) is 36.9. The number of likely N-dealkylation sites (tertiary alicyclic amines) is 1. The molecular formula is C48H93NO5. The number of esters is 1. The summed E-state index contributed by atoms with van der Waals surface area (Å²) in [5.41, 5.74) is 0. The minimum absolute atomic E-state index is 0.00208. The van der Waals surface area contributed by atoms with E-state index in [0.717, 1.165) is 39.1 Å². The molecular weight excluding hydrogens is 671 g/mol. The maximum Gasteiger partial charge on any atom is 0.309 e. The molecule has 2 aliphatic rings. The highest BCUT2D eigenvalue weighted by Crippen LogP contribution is 2.28. The Hall–Kier alpha value is -0.690. The van der Waals surface area contributed by atoms with Gasteiger partial charge < -0.3 is 23.8 Å². The SMILES string of the molecule is CCCCCCCCC(CCCCCCCC)CO[C@@H]1[C@@H](OCC(CCCCCCCC)CCCCCCCC)CO[C@@H]1COC(=O)C1CCN(C)CC1. The molecule has 0 aromatic heterocycles. The molecule has 0 aliphatic carbocycles. The van der Waals surface area contributed by atoms with Crippen molar-refractivity contribution in [2.45, 2.75) is 239 Å². The Kier molecular flexibility index (Phi) is 31.5. The smallest absolute Gasteiger partial charge is 0.309 e. The summed E-state index contributed by atoms with van der Waals surface area (Å²) < 4.78 is 26.2. The lowest BCUT2D eigenvalue weighted by molar-refractivity contribution is -0.156. The van der Waals surface area contributed by atoms with E-state index in [-0.39, 0.29) is 36.8 Å². The summed E-state index contributed by atoms with van der Waals surface area (Å²) in [5, 5.41) is 0. The quantitative estimate of drug-likeness (QED) is 0.0464. The van der Waals surface area contributed by atoms with E-state index >= 15 is 0 Å². The van der Waals surface area contributed by atoms with Crippen molar-refractivity contribution >= 4 is 5.97 Å². The first-order chi connectivity index (χ1) is 26.5. The van der Waals surface area contributed by atoms with E-state index in [2.05, 4.69) is 39.6 Å². The average molecular weight is 764 g/mol. The highest BCUT2D eigenvalue weighted by atomic mass is 16.6. The van der Waals surface area contributed by atoms with Gasteiger partial charge in [0.1, 0.15) is 24.9 Å². The van der Waals surface area contributed by atoms with Crippen LogP contribution in [0.25, 0.3) is 0 Å². The molecule has 6 heteroatoms. The molecule has 0 unspecified atom stereocenters. The Morgan fingerprint density at radius 1 is 0.574 bits per heavy atom. The number of hydrogen-bond acceptors (Lipinski definition) is 6. The van der Waals surface area contributed by atoms with Crippen molar-refractivity contribution in [1.82, 2.24) is 4.90 Å². The van der Waals surface area contributed by atoms with Crippen LogP contribution in [0.15, 0.2) is 0 Å². The van der Waals surface area contributed by atoms with Crippen molar-refractivity contribution in [3.63, 3.8) is 0 Å². The number of carbonyl (C=O) groups excluding carboxylic acids is 1. The molecule has 2 fully saturated rings. The van der Waals surface area contributed by atoms with E-state index in [1.165, 1.54) is 180 Å². The van der Waals surface area contributed by atoms with Crippen LogP contribution < -0.4 is 0 Å². The van der Waals surface area contributed by atoms with Crippen molar-refractivity contribution in [2.24, 2.45) is 17.8 Å². The number of piperidine rings is 1. The summed E-state index contributed by atoms with van der Waals surface area (Å²) >= 11 is 0. The van der Waals surface area contributed by atoms with E-state index in [4.69, 9.17) is 18.9 Å². The maximum absolute atomic E-state index is 13.2. The van der Waals surface area contributed by atoms with Gasteiger partial charge in [-0.2, -0.15) is 0 Å². The fourth-order valence-electron chi connectivity index (χ4n) is 8.66. The summed E-state index contributed by atoms with van der Waals surface area (Å²) in [6, 6.07) is 0. The van der Waals surface area contributed by atoms with E-state index in [9.17, 15) is 4.79 Å². The Morgan fingerprint density at radius 2 is 0.963 bits per heavy atom. The van der Waals surface area contributed by atoms with Gasteiger partial charge >= 0.3 is 5.97 Å². The number of nitrogens with zero attached hydrogens (tertiary/aromatic N) is 1. The van der Waals surface area contributed by atoms with Crippen LogP contribution in [0.2, 0.25) is 0 Å². The van der Waals surface area contributed by atoms with Crippen LogP contribution in [-0.2, 0) is 23.7 Å². The van der Waals surface area contributed by atoms with Crippen LogP contribution in [0.4, 0.5) is 0 Å². The molecule has 0 saturated carbocycles. The second-order valence-electron chi connectivity index (χ2n) is 17.7. The molecule has 0 N–H and O–H groups in total. The van der Waals surface area contributed by atoms with Crippen molar-refractivity contribution < 1.29 is 23.7 Å². The van der Waals surface area contributed by atoms with Gasteiger partial charge in [-0.05, 0) is 70.5 Å². The second-order valence-corrected chi connectivity index (χ2v) is 17.7. The molecule has 54 heavy (non-hydrogen) atoms. The molecule has 320 valence electrons. The number of hydrogen-bond donors (Lipinski definition) is 0. The van der Waals surface area contributed by atoms with Crippen LogP contribution in [0.5, 0.6) is 0 Å². The second kappa shape index (κ2) is 34.4. The van der Waals surface area contributed by atoms with Crippen molar-refractivity contribution in [1.29, 1.82) is 0 Å². The average Bonchev–Trinajstić information content (AvgIpc) is 3.57. The Bertz CT molecular complexity index is 800. The summed E-state index contributed by atoms with van der Waals surface area (Å²) in [6.07, 6.45) is 38.3. The number of carbonyl (C=O) groups is 1. The topological polar surface area (TPSA) is 57.2 Å². The molecule has 3 atom stereocenters. The number of rotatable bonds is 37. The van der Waals surface area contributed by atoms with Crippen LogP contribution >= 0.6 is 0 Å². The molecule has 0 spiro atoms. The predicted molar refractivity (Wildman–Crippen MR) is 229 cm³/mol. The van der Waals surface area contributed by atoms with Crippen LogP contribution in [-0.4, -0.2) is 75.7 Å². The fraction of sp³-hybridized carbons (Fsp3) is 0.979. The Morgan fingerprint density at radius 3 is 1.39 bits per heavy atom. The standard InChI is InChI=1S/C48H93NO5/c1-6-10-14-18-22-26-30-42(31-27-23-19-15-11-7-2)38-51-45-40-52-46(41-54-48(50)44-34-36-49(5)37-35-44)47(45)53-39-43(32-28-24-20-16-12-8-3)33-29-25-21-17-13-9-4/h42-47H,6-41H2,1-5H3/t45-,46+,47+/m0/s1. The van der Waals surface area contributed by atoms with Gasteiger partial charge in [-0.15, -0.1) is 0 Å². The monoisotopic (exact) mass is 764 g/mol. The van der Waals surface area contributed by atoms with E-state index in [1.807, 2.05) is 0 Å². The van der Waals surface area contributed by atoms with Crippen molar-refractivity contribution in [3.05, 3.63) is 0 Å². The molecule has 0 bridgehead atoms. The van der Waals surface area contributed by atoms with Gasteiger partial charge in [0, 0.05) is 0 Å². The molecule has 2 aliphatic heterocycles. The van der Waals surface area contributed by atoms with Crippen molar-refractivity contribution in [2.75, 3.05) is 46.6 Å². The van der Waals surface area contributed by atoms with Crippen molar-refractivity contribution in [3.8, 4) is 0 Å². The number of unbranched alkanes of at least 4 members (excludes halogenated alkanes) is 20. The zero-order chi connectivity index (χ0) is 38.9. The molecule has 6 nitrogen and oxygen atoms in total. The lowest BCUT2D eigenvalue weighted by atomic mass is 9.94. The third-order valence-electron chi connectivity index (χ3n) is 12.6. The van der Waals surface area contributed by atoms with Crippen LogP contribution in [0, 0.1) is 17.8 Å². The first-order valence-corrected chi connectivity index (χ1v) is 24.2. The fourth-order valence-corrected chi connectivity index (χ4v) is 8.66. The predicted octanol–water partition coefficient (Wildman–Crippen LogP) is 13.3. The Balaban J connectivity index is 2.05. The van der Waals surface area contributed by atoms with Crippen LogP contribution in [0.3, 0.4) is 0 Å². The van der Waals surface area contributed by atoms with Gasteiger partial charge in [0.25, 0.3) is 0 Å². The molecule has 0 aromatic carbocycles. The molecule has 2 rings (SSSR count). The molecule has 0 amide bonds. The summed E-state index contributed by atoms with van der Waals surface area (Å²) in [5.74, 6) is 1.10. The first-order valence-electron chi connectivity index (χ1n) is 24.2. The molecule has 0 aromatic rings.